The maximum absolute atomic E-state index is 11.6. The molecule has 4 nitrogen and oxygen atoms in total. The molecule has 0 aromatic heterocycles. The lowest BCUT2D eigenvalue weighted by Gasteiger charge is -2.19. The van der Waals surface area contributed by atoms with E-state index in [1.807, 2.05) is 12.1 Å². The molecule has 1 heterocycles. The molecule has 0 bridgehead atoms. The monoisotopic (exact) mass is 271 g/mol. The van der Waals surface area contributed by atoms with Crippen LogP contribution in [-0.4, -0.2) is 25.7 Å². The van der Waals surface area contributed by atoms with Crippen LogP contribution in [-0.2, 0) is 0 Å². The van der Waals surface area contributed by atoms with Crippen molar-refractivity contribution in [1.29, 1.82) is 0 Å². The number of nitrogens with one attached hydrogen (secondary N) is 2. The van der Waals surface area contributed by atoms with Gasteiger partial charge in [0, 0.05) is 31.0 Å². The molecule has 2 aliphatic rings. The summed E-state index contributed by atoms with van der Waals surface area (Å²) in [5.74, 6) is 0.740. The molecule has 1 unspecified atom stereocenters. The average Bonchev–Trinajstić information content (AvgIpc) is 2.93. The van der Waals surface area contributed by atoms with Crippen molar-refractivity contribution in [1.82, 2.24) is 5.32 Å². The summed E-state index contributed by atoms with van der Waals surface area (Å²) in [4.78, 5) is 13.4. The minimum atomic E-state index is -0.000276. The molecule has 0 spiro atoms. The Morgan fingerprint density at radius 1 is 1.25 bits per heavy atom. The second-order valence-corrected chi connectivity index (χ2v) is 5.46. The third-order valence-electron chi connectivity index (χ3n) is 4.01. The number of hydrogen-bond donors (Lipinski definition) is 2. The van der Waals surface area contributed by atoms with E-state index in [0.29, 0.717) is 0 Å². The molecule has 1 aliphatic carbocycles. The fraction of sp³-hybridized carbons (Fsp3) is 0.438. The zero-order chi connectivity index (χ0) is 13.8. The lowest BCUT2D eigenvalue weighted by atomic mass is 9.94. The Labute approximate surface area is 119 Å². The fourth-order valence-corrected chi connectivity index (χ4v) is 2.78. The van der Waals surface area contributed by atoms with Crippen LogP contribution in [0.25, 0.3) is 0 Å². The molecule has 4 heteroatoms. The predicted molar refractivity (Wildman–Crippen MR) is 82.2 cm³/mol. The number of rotatable bonds is 4. The number of nitrogens with zero attached hydrogens (tertiary/aromatic N) is 1. The maximum atomic E-state index is 11.6. The van der Waals surface area contributed by atoms with Crippen LogP contribution in [0.15, 0.2) is 36.4 Å². The predicted octanol–water partition coefficient (Wildman–Crippen LogP) is 2.98. The number of hydrogen-bond acceptors (Lipinski definition) is 2. The smallest absolute Gasteiger partial charge is 0.321 e. The quantitative estimate of drug-likeness (QED) is 0.827. The molecule has 2 amide bonds. The summed E-state index contributed by atoms with van der Waals surface area (Å²) in [5, 5.41) is 6.31. The Hall–Kier alpha value is -1.97. The number of carbonyl (C=O) groups is 1. The van der Waals surface area contributed by atoms with Gasteiger partial charge in [-0.3, -0.25) is 4.90 Å². The van der Waals surface area contributed by atoms with Crippen molar-refractivity contribution in [3.05, 3.63) is 36.4 Å². The highest BCUT2D eigenvalue weighted by atomic mass is 16.2. The van der Waals surface area contributed by atoms with Crippen LogP contribution in [0.1, 0.15) is 19.3 Å². The number of urea groups is 1. The third kappa shape index (κ3) is 2.95. The van der Waals surface area contributed by atoms with Crippen molar-refractivity contribution in [2.24, 2.45) is 5.92 Å². The van der Waals surface area contributed by atoms with Gasteiger partial charge < -0.3 is 10.6 Å². The van der Waals surface area contributed by atoms with E-state index in [0.717, 1.165) is 36.9 Å². The van der Waals surface area contributed by atoms with Gasteiger partial charge in [0.2, 0.25) is 0 Å². The Kier molecular flexibility index (Phi) is 3.90. The van der Waals surface area contributed by atoms with Crippen LogP contribution < -0.4 is 15.5 Å². The summed E-state index contributed by atoms with van der Waals surface area (Å²) in [6, 6.07) is 8.13. The van der Waals surface area contributed by atoms with Gasteiger partial charge in [-0.15, -0.1) is 0 Å². The van der Waals surface area contributed by atoms with E-state index < -0.39 is 0 Å². The molecule has 0 radical (unpaired) electrons. The first-order chi connectivity index (χ1) is 9.83. The SMILES string of the molecule is O=C1NCCN1c1ccc(NCC2CC=CCC2)cc1. The molecule has 1 aliphatic heterocycles. The van der Waals surface area contributed by atoms with E-state index in [2.05, 4.69) is 34.9 Å². The molecule has 0 saturated carbocycles. The molecule has 1 saturated heterocycles. The molecule has 3 rings (SSSR count). The summed E-state index contributed by atoms with van der Waals surface area (Å²) in [7, 11) is 0. The highest BCUT2D eigenvalue weighted by molar-refractivity contribution is 5.94. The largest absolute Gasteiger partial charge is 0.385 e. The van der Waals surface area contributed by atoms with E-state index in [-0.39, 0.29) is 6.03 Å². The average molecular weight is 271 g/mol. The van der Waals surface area contributed by atoms with Crippen molar-refractivity contribution < 1.29 is 4.79 Å². The van der Waals surface area contributed by atoms with E-state index in [1.165, 1.54) is 19.3 Å². The van der Waals surface area contributed by atoms with Gasteiger partial charge in [0.1, 0.15) is 0 Å². The van der Waals surface area contributed by atoms with E-state index in [1.54, 1.807) is 4.90 Å². The molecule has 106 valence electrons. The van der Waals surface area contributed by atoms with Crippen molar-refractivity contribution in [2.75, 3.05) is 29.9 Å². The van der Waals surface area contributed by atoms with Crippen molar-refractivity contribution in [2.45, 2.75) is 19.3 Å². The zero-order valence-electron chi connectivity index (χ0n) is 11.6. The molecule has 1 aromatic carbocycles. The topological polar surface area (TPSA) is 44.4 Å². The van der Waals surface area contributed by atoms with E-state index in [9.17, 15) is 4.79 Å². The van der Waals surface area contributed by atoms with Gasteiger partial charge in [-0.1, -0.05) is 12.2 Å². The summed E-state index contributed by atoms with van der Waals surface area (Å²) in [5.41, 5.74) is 2.09. The van der Waals surface area contributed by atoms with Crippen molar-refractivity contribution >= 4 is 17.4 Å². The standard InChI is InChI=1S/C16H21N3O/c20-16-17-10-11-19(16)15-8-6-14(7-9-15)18-12-13-4-2-1-3-5-13/h1-2,6-9,13,18H,3-5,10-12H2,(H,17,20). The highest BCUT2D eigenvalue weighted by Gasteiger charge is 2.20. The van der Waals surface area contributed by atoms with E-state index in [4.69, 9.17) is 0 Å². The maximum Gasteiger partial charge on any atom is 0.321 e. The van der Waals surface area contributed by atoms with Crippen LogP contribution in [0, 0.1) is 5.92 Å². The van der Waals surface area contributed by atoms with Gasteiger partial charge in [-0.25, -0.2) is 4.79 Å². The van der Waals surface area contributed by atoms with Crippen LogP contribution in [0.3, 0.4) is 0 Å². The van der Waals surface area contributed by atoms with Crippen molar-refractivity contribution in [3.8, 4) is 0 Å². The minimum absolute atomic E-state index is 0.000276. The molecular formula is C16H21N3O. The van der Waals surface area contributed by atoms with Gasteiger partial charge >= 0.3 is 6.03 Å². The van der Waals surface area contributed by atoms with Gasteiger partial charge in [0.25, 0.3) is 0 Å². The summed E-state index contributed by atoms with van der Waals surface area (Å²) in [6.07, 6.45) is 8.21. The molecule has 1 atom stereocenters. The second kappa shape index (κ2) is 5.99. The van der Waals surface area contributed by atoms with Gasteiger partial charge in [-0.05, 0) is 49.4 Å². The lowest BCUT2D eigenvalue weighted by Crippen LogP contribution is -2.27. The molecule has 2 N–H and O–H groups in total. The summed E-state index contributed by atoms with van der Waals surface area (Å²) < 4.78 is 0. The number of anilines is 2. The first kappa shape index (κ1) is 13.0. The Balaban J connectivity index is 1.56. The van der Waals surface area contributed by atoms with Crippen molar-refractivity contribution in [3.63, 3.8) is 0 Å². The first-order valence-corrected chi connectivity index (χ1v) is 7.37. The highest BCUT2D eigenvalue weighted by Crippen LogP contribution is 2.22. The Morgan fingerprint density at radius 3 is 2.75 bits per heavy atom. The summed E-state index contributed by atoms with van der Waals surface area (Å²) in [6.45, 7) is 2.50. The Morgan fingerprint density at radius 2 is 2.10 bits per heavy atom. The minimum Gasteiger partial charge on any atom is -0.385 e. The number of benzene rings is 1. The van der Waals surface area contributed by atoms with Crippen LogP contribution >= 0.6 is 0 Å². The fourth-order valence-electron chi connectivity index (χ4n) is 2.78. The van der Waals surface area contributed by atoms with Crippen LogP contribution in [0.2, 0.25) is 0 Å². The normalized spacial score (nSPS) is 21.9. The van der Waals surface area contributed by atoms with Crippen LogP contribution in [0.5, 0.6) is 0 Å². The number of amides is 2. The number of carbonyl (C=O) groups excluding carboxylic acids is 1. The van der Waals surface area contributed by atoms with E-state index >= 15 is 0 Å². The van der Waals surface area contributed by atoms with Gasteiger partial charge in [0.15, 0.2) is 0 Å². The molecule has 20 heavy (non-hydrogen) atoms. The van der Waals surface area contributed by atoms with Gasteiger partial charge in [-0.2, -0.15) is 0 Å². The van der Waals surface area contributed by atoms with Gasteiger partial charge in [0.05, 0.1) is 0 Å². The lowest BCUT2D eigenvalue weighted by molar-refractivity contribution is 0.252. The number of allylic oxidation sites excluding steroid dienone is 2. The van der Waals surface area contributed by atoms with Crippen LogP contribution in [0.4, 0.5) is 16.2 Å². The summed E-state index contributed by atoms with van der Waals surface area (Å²) >= 11 is 0. The third-order valence-corrected chi connectivity index (χ3v) is 4.01. The molecule has 1 fully saturated rings. The zero-order valence-corrected chi connectivity index (χ0v) is 11.6. The second-order valence-electron chi connectivity index (χ2n) is 5.46. The first-order valence-electron chi connectivity index (χ1n) is 7.37. The Bertz CT molecular complexity index is 495. The molecule has 1 aromatic rings. The molecular weight excluding hydrogens is 250 g/mol.